The Kier molecular flexibility index (Phi) is 6.40. The van der Waals surface area contributed by atoms with E-state index in [9.17, 15) is 9.36 Å². The molecule has 0 amide bonds. The molecular formula is C14H21O5P. The number of benzene rings is 1. The summed E-state index contributed by atoms with van der Waals surface area (Å²) in [6, 6.07) is 7.02. The van der Waals surface area contributed by atoms with Crippen molar-refractivity contribution in [2.24, 2.45) is 0 Å². The predicted molar refractivity (Wildman–Crippen MR) is 77.2 cm³/mol. The molecule has 0 N–H and O–H groups in total. The van der Waals surface area contributed by atoms with Gasteiger partial charge in [0.25, 0.3) is 0 Å². The zero-order valence-corrected chi connectivity index (χ0v) is 13.2. The Bertz CT molecular complexity index is 473. The molecule has 5 nitrogen and oxygen atoms in total. The second-order valence-electron chi connectivity index (χ2n) is 4.60. The van der Waals surface area contributed by atoms with Gasteiger partial charge < -0.3 is 13.8 Å². The number of carbonyl (C=O) groups is 1. The lowest BCUT2D eigenvalue weighted by Crippen LogP contribution is -2.11. The average molecular weight is 300 g/mol. The van der Waals surface area contributed by atoms with Crippen LogP contribution in [0.1, 0.15) is 29.8 Å². The summed E-state index contributed by atoms with van der Waals surface area (Å²) in [6.45, 7) is 3.61. The van der Waals surface area contributed by atoms with E-state index in [0.29, 0.717) is 18.1 Å². The highest BCUT2D eigenvalue weighted by Gasteiger charge is 2.20. The van der Waals surface area contributed by atoms with Crippen LogP contribution in [0.4, 0.5) is 0 Å². The third-order valence-electron chi connectivity index (χ3n) is 2.76. The van der Waals surface area contributed by atoms with E-state index in [4.69, 9.17) is 13.8 Å². The highest BCUT2D eigenvalue weighted by molar-refractivity contribution is 7.53. The van der Waals surface area contributed by atoms with Crippen molar-refractivity contribution in [3.8, 4) is 0 Å². The molecule has 6 heteroatoms. The van der Waals surface area contributed by atoms with E-state index >= 15 is 0 Å². The van der Waals surface area contributed by atoms with Crippen LogP contribution in [0, 0.1) is 0 Å². The van der Waals surface area contributed by atoms with Crippen LogP contribution in [0.3, 0.4) is 0 Å². The summed E-state index contributed by atoms with van der Waals surface area (Å²) in [4.78, 5) is 11.7. The van der Waals surface area contributed by atoms with Crippen molar-refractivity contribution >= 4 is 13.6 Å². The van der Waals surface area contributed by atoms with Crippen LogP contribution in [0.25, 0.3) is 0 Å². The number of carbonyl (C=O) groups excluding carboxylic acids is 1. The van der Waals surface area contributed by atoms with E-state index in [2.05, 4.69) is 0 Å². The van der Waals surface area contributed by atoms with E-state index in [1.807, 2.05) is 12.1 Å². The number of ether oxygens (including phenoxy) is 1. The van der Waals surface area contributed by atoms with Crippen molar-refractivity contribution in [1.29, 1.82) is 0 Å². The molecular weight excluding hydrogens is 279 g/mol. The molecule has 0 saturated heterocycles. The van der Waals surface area contributed by atoms with Crippen molar-refractivity contribution < 1.29 is 23.1 Å². The molecule has 0 radical (unpaired) electrons. The predicted octanol–water partition coefficient (Wildman–Crippen LogP) is 3.28. The van der Waals surface area contributed by atoms with Crippen molar-refractivity contribution in [2.75, 3.05) is 20.4 Å². The van der Waals surface area contributed by atoms with Gasteiger partial charge >= 0.3 is 13.6 Å². The minimum absolute atomic E-state index is 0.142. The van der Waals surface area contributed by atoms with Gasteiger partial charge in [-0.1, -0.05) is 12.1 Å². The Morgan fingerprint density at radius 1 is 1.15 bits per heavy atom. The fraction of sp³-hybridized carbons (Fsp3) is 0.500. The summed E-state index contributed by atoms with van der Waals surface area (Å²) in [7, 11) is -0.247. The zero-order chi connectivity index (χ0) is 15.2. The van der Waals surface area contributed by atoms with Crippen molar-refractivity contribution in [1.82, 2.24) is 0 Å². The molecule has 1 aromatic carbocycles. The Hall–Kier alpha value is -1.16. The fourth-order valence-corrected chi connectivity index (χ4v) is 2.66. The van der Waals surface area contributed by atoms with Crippen LogP contribution in [-0.4, -0.2) is 32.5 Å². The molecule has 0 aromatic heterocycles. The largest absolute Gasteiger partial charge is 0.459 e. The van der Waals surface area contributed by atoms with Gasteiger partial charge in [-0.2, -0.15) is 0 Å². The van der Waals surface area contributed by atoms with Crippen LogP contribution in [0.2, 0.25) is 0 Å². The van der Waals surface area contributed by atoms with Gasteiger partial charge in [0, 0.05) is 14.2 Å². The lowest BCUT2D eigenvalue weighted by atomic mass is 10.1. The van der Waals surface area contributed by atoms with Crippen molar-refractivity contribution in [3.63, 3.8) is 0 Å². The Morgan fingerprint density at radius 3 is 2.15 bits per heavy atom. The molecule has 0 heterocycles. The Balaban J connectivity index is 2.63. The van der Waals surface area contributed by atoms with Crippen LogP contribution >= 0.6 is 7.60 Å². The molecule has 112 valence electrons. The van der Waals surface area contributed by atoms with Crippen LogP contribution in [-0.2, 0) is 24.8 Å². The topological polar surface area (TPSA) is 61.8 Å². The van der Waals surface area contributed by atoms with E-state index in [0.717, 1.165) is 5.56 Å². The zero-order valence-electron chi connectivity index (χ0n) is 12.3. The van der Waals surface area contributed by atoms with Gasteiger partial charge in [0.1, 0.15) is 0 Å². The number of esters is 1. The molecule has 1 aromatic rings. The van der Waals surface area contributed by atoms with Crippen LogP contribution in [0.15, 0.2) is 24.3 Å². The third kappa shape index (κ3) is 5.08. The van der Waals surface area contributed by atoms with E-state index < -0.39 is 7.60 Å². The standard InChI is InChI=1S/C14H21O5P/c1-11(2)19-14(15)13-7-5-12(6-8-13)9-10-20(16,17-3)18-4/h5-8,11H,9-10H2,1-4H3. The Morgan fingerprint density at radius 2 is 1.70 bits per heavy atom. The van der Waals surface area contributed by atoms with E-state index in [-0.39, 0.29) is 12.1 Å². The average Bonchev–Trinajstić information content (AvgIpc) is 2.44. The highest BCUT2D eigenvalue weighted by atomic mass is 31.2. The second-order valence-corrected chi connectivity index (χ2v) is 7.00. The van der Waals surface area contributed by atoms with Crippen LogP contribution < -0.4 is 0 Å². The van der Waals surface area contributed by atoms with E-state index in [1.165, 1.54) is 14.2 Å². The van der Waals surface area contributed by atoms with Gasteiger partial charge in [0.2, 0.25) is 0 Å². The molecule has 20 heavy (non-hydrogen) atoms. The van der Waals surface area contributed by atoms with Gasteiger partial charge in [-0.3, -0.25) is 4.57 Å². The van der Waals surface area contributed by atoms with Gasteiger partial charge in [-0.15, -0.1) is 0 Å². The summed E-state index contributed by atoms with van der Waals surface area (Å²) in [5.41, 5.74) is 1.46. The molecule has 0 atom stereocenters. The first-order valence-electron chi connectivity index (χ1n) is 6.40. The highest BCUT2D eigenvalue weighted by Crippen LogP contribution is 2.46. The molecule has 0 aliphatic heterocycles. The first-order chi connectivity index (χ1) is 9.40. The molecule has 0 saturated carbocycles. The quantitative estimate of drug-likeness (QED) is 0.571. The molecule has 0 spiro atoms. The third-order valence-corrected chi connectivity index (χ3v) is 4.65. The summed E-state index contributed by atoms with van der Waals surface area (Å²) in [6.07, 6.45) is 0.713. The van der Waals surface area contributed by atoms with Gasteiger partial charge in [-0.05, 0) is 38.0 Å². The molecule has 0 unspecified atom stereocenters. The minimum atomic E-state index is -2.99. The first kappa shape index (κ1) is 16.9. The maximum Gasteiger partial charge on any atom is 0.338 e. The number of hydrogen-bond donors (Lipinski definition) is 0. The lowest BCUT2D eigenvalue weighted by molar-refractivity contribution is 0.0378. The van der Waals surface area contributed by atoms with E-state index in [1.54, 1.807) is 26.0 Å². The monoisotopic (exact) mass is 300 g/mol. The lowest BCUT2D eigenvalue weighted by Gasteiger charge is -2.13. The Labute approximate surface area is 119 Å². The van der Waals surface area contributed by atoms with Gasteiger partial charge in [-0.25, -0.2) is 4.79 Å². The van der Waals surface area contributed by atoms with Gasteiger partial charge in [0.15, 0.2) is 0 Å². The smallest absolute Gasteiger partial charge is 0.338 e. The maximum atomic E-state index is 11.9. The van der Waals surface area contributed by atoms with Crippen molar-refractivity contribution in [3.05, 3.63) is 35.4 Å². The molecule has 0 bridgehead atoms. The van der Waals surface area contributed by atoms with Gasteiger partial charge in [0.05, 0.1) is 17.8 Å². The normalized spacial score (nSPS) is 11.7. The molecule has 0 aliphatic carbocycles. The number of aryl methyl sites for hydroxylation is 1. The summed E-state index contributed by atoms with van der Waals surface area (Å²) >= 11 is 0. The number of rotatable bonds is 7. The fourth-order valence-electron chi connectivity index (χ4n) is 1.61. The molecule has 0 fully saturated rings. The SMILES string of the molecule is COP(=O)(CCc1ccc(C(=O)OC(C)C)cc1)OC. The minimum Gasteiger partial charge on any atom is -0.459 e. The number of hydrogen-bond acceptors (Lipinski definition) is 5. The first-order valence-corrected chi connectivity index (χ1v) is 8.13. The van der Waals surface area contributed by atoms with Crippen LogP contribution in [0.5, 0.6) is 0 Å². The maximum absolute atomic E-state index is 11.9. The molecule has 0 aliphatic rings. The summed E-state index contributed by atoms with van der Waals surface area (Å²) in [5, 5.41) is 0. The second kappa shape index (κ2) is 7.58. The summed E-state index contributed by atoms with van der Waals surface area (Å²) in [5.74, 6) is -0.342. The summed E-state index contributed by atoms with van der Waals surface area (Å²) < 4.78 is 26.8. The van der Waals surface area contributed by atoms with Crippen molar-refractivity contribution in [2.45, 2.75) is 26.4 Å². The molecule has 1 rings (SSSR count).